The Hall–Kier alpha value is -0.660. The summed E-state index contributed by atoms with van der Waals surface area (Å²) in [5, 5.41) is 12.1. The van der Waals surface area contributed by atoms with E-state index in [0.29, 0.717) is 0 Å². The van der Waals surface area contributed by atoms with E-state index in [0.717, 1.165) is 26.4 Å². The van der Waals surface area contributed by atoms with Gasteiger partial charge in [0.1, 0.15) is 0 Å². The molecular weight excluding hydrogens is 363 g/mol. The zero-order chi connectivity index (χ0) is 13.1. The molecule has 2 aromatic rings. The highest BCUT2D eigenvalue weighted by Crippen LogP contribution is 2.26. The van der Waals surface area contributed by atoms with Gasteiger partial charge in [0.15, 0.2) is 0 Å². The minimum atomic E-state index is 0.0597. The van der Waals surface area contributed by atoms with Gasteiger partial charge < -0.3 is 5.32 Å². The monoisotopic (exact) mass is 376 g/mol. The van der Waals surface area contributed by atoms with Gasteiger partial charge >= 0.3 is 0 Å². The molecule has 2 rings (SSSR count). The predicted octanol–water partition coefficient (Wildman–Crippen LogP) is 2.77. The summed E-state index contributed by atoms with van der Waals surface area (Å²) < 4.78 is 2.83. The van der Waals surface area contributed by atoms with Gasteiger partial charge in [0.2, 0.25) is 0 Å². The maximum absolute atomic E-state index is 6.19. The topological polar surface area (TPSA) is 42.7 Å². The van der Waals surface area contributed by atoms with Crippen molar-refractivity contribution >= 4 is 34.2 Å². The summed E-state index contributed by atoms with van der Waals surface area (Å²) in [6, 6.07) is 6.15. The van der Waals surface area contributed by atoms with Crippen LogP contribution in [0.4, 0.5) is 0 Å². The van der Waals surface area contributed by atoms with Crippen molar-refractivity contribution in [1.82, 2.24) is 20.3 Å². The quantitative estimate of drug-likeness (QED) is 0.835. The van der Waals surface area contributed by atoms with Crippen LogP contribution >= 0.6 is 34.2 Å². The molecule has 1 aromatic heterocycles. The highest BCUT2D eigenvalue weighted by molar-refractivity contribution is 14.1. The van der Waals surface area contributed by atoms with Crippen LogP contribution in [0.5, 0.6) is 0 Å². The van der Waals surface area contributed by atoms with Gasteiger partial charge in [-0.25, -0.2) is 0 Å². The van der Waals surface area contributed by atoms with E-state index in [1.54, 1.807) is 10.9 Å². The van der Waals surface area contributed by atoms with Crippen molar-refractivity contribution in [2.75, 3.05) is 6.54 Å². The number of aromatic nitrogens is 3. The fourth-order valence-corrected chi connectivity index (χ4v) is 2.37. The van der Waals surface area contributed by atoms with E-state index >= 15 is 0 Å². The Morgan fingerprint density at radius 2 is 2.28 bits per heavy atom. The number of rotatable bonds is 4. The van der Waals surface area contributed by atoms with E-state index in [9.17, 15) is 0 Å². The van der Waals surface area contributed by atoms with Crippen molar-refractivity contribution in [2.24, 2.45) is 7.05 Å². The van der Waals surface area contributed by atoms with Crippen LogP contribution < -0.4 is 5.32 Å². The Bertz CT molecular complexity index is 541. The highest BCUT2D eigenvalue weighted by Gasteiger charge is 2.17. The lowest BCUT2D eigenvalue weighted by atomic mass is 10.0. The maximum atomic E-state index is 6.19. The fraction of sp³-hybridized carbons (Fsp3) is 0.333. The van der Waals surface area contributed by atoms with Gasteiger partial charge in [0.05, 0.1) is 23.0 Å². The first-order valence-corrected chi connectivity index (χ1v) is 7.12. The molecule has 1 atom stereocenters. The first-order valence-electron chi connectivity index (χ1n) is 5.66. The molecule has 0 saturated carbocycles. The number of nitrogens with zero attached hydrogens (tertiary/aromatic N) is 3. The van der Waals surface area contributed by atoms with Crippen LogP contribution in [-0.4, -0.2) is 21.5 Å². The third kappa shape index (κ3) is 2.84. The van der Waals surface area contributed by atoms with Crippen molar-refractivity contribution in [1.29, 1.82) is 0 Å². The third-order valence-electron chi connectivity index (χ3n) is 2.73. The van der Waals surface area contributed by atoms with Crippen LogP contribution in [0.2, 0.25) is 5.02 Å². The van der Waals surface area contributed by atoms with E-state index in [2.05, 4.69) is 51.2 Å². The second-order valence-corrected chi connectivity index (χ2v) is 5.52. The molecule has 4 nitrogen and oxygen atoms in total. The summed E-state index contributed by atoms with van der Waals surface area (Å²) in [7, 11) is 1.89. The lowest BCUT2D eigenvalue weighted by Gasteiger charge is -2.18. The summed E-state index contributed by atoms with van der Waals surface area (Å²) in [5.41, 5.74) is 2.14. The molecule has 0 bridgehead atoms. The summed E-state index contributed by atoms with van der Waals surface area (Å²) >= 11 is 8.41. The Kier molecular flexibility index (Phi) is 4.58. The molecule has 18 heavy (non-hydrogen) atoms. The summed E-state index contributed by atoms with van der Waals surface area (Å²) in [4.78, 5) is 0. The zero-order valence-corrected chi connectivity index (χ0v) is 13.1. The van der Waals surface area contributed by atoms with Crippen LogP contribution in [0.15, 0.2) is 24.4 Å². The smallest absolute Gasteiger partial charge is 0.0798 e. The first kappa shape index (κ1) is 13.8. The van der Waals surface area contributed by atoms with Crippen LogP contribution in [0, 0.1) is 3.57 Å². The summed E-state index contributed by atoms with van der Waals surface area (Å²) in [6.45, 7) is 2.94. The minimum absolute atomic E-state index is 0.0597. The average Bonchev–Trinajstić information content (AvgIpc) is 2.76. The van der Waals surface area contributed by atoms with Crippen LogP contribution in [-0.2, 0) is 7.05 Å². The molecule has 0 saturated heterocycles. The van der Waals surface area contributed by atoms with E-state index in [4.69, 9.17) is 11.6 Å². The normalized spacial score (nSPS) is 12.7. The van der Waals surface area contributed by atoms with Crippen molar-refractivity contribution in [3.8, 4) is 0 Å². The molecular formula is C12H14ClIN4. The molecule has 0 aliphatic carbocycles. The van der Waals surface area contributed by atoms with Gasteiger partial charge in [0, 0.05) is 10.6 Å². The van der Waals surface area contributed by atoms with Crippen LogP contribution in [0.1, 0.15) is 24.2 Å². The van der Waals surface area contributed by atoms with Gasteiger partial charge in [0.25, 0.3) is 0 Å². The lowest BCUT2D eigenvalue weighted by molar-refractivity contribution is 0.568. The first-order chi connectivity index (χ1) is 8.63. The zero-order valence-electron chi connectivity index (χ0n) is 10.2. The summed E-state index contributed by atoms with van der Waals surface area (Å²) in [5.74, 6) is 0. The van der Waals surface area contributed by atoms with Gasteiger partial charge in [-0.3, -0.25) is 4.68 Å². The van der Waals surface area contributed by atoms with E-state index in [1.165, 1.54) is 0 Å². The van der Waals surface area contributed by atoms with Gasteiger partial charge in [-0.05, 0) is 46.8 Å². The second kappa shape index (κ2) is 5.99. The molecule has 0 fully saturated rings. The Labute approximate surface area is 125 Å². The minimum Gasteiger partial charge on any atom is -0.305 e. The number of aryl methyl sites for hydroxylation is 1. The SMILES string of the molecule is CCNC(c1ccc(I)c(Cl)c1)c1cnnn1C. The number of hydrogen-bond donors (Lipinski definition) is 1. The highest BCUT2D eigenvalue weighted by atomic mass is 127. The fourth-order valence-electron chi connectivity index (χ4n) is 1.85. The van der Waals surface area contributed by atoms with Crippen molar-refractivity contribution in [3.05, 3.63) is 44.2 Å². The van der Waals surface area contributed by atoms with E-state index < -0.39 is 0 Å². The van der Waals surface area contributed by atoms with Crippen molar-refractivity contribution in [3.63, 3.8) is 0 Å². The maximum Gasteiger partial charge on any atom is 0.0798 e. The molecule has 0 amide bonds. The standard InChI is InChI=1S/C12H14ClIN4/c1-3-15-12(11-7-16-17-18(11)2)8-4-5-10(14)9(13)6-8/h4-7,12,15H,3H2,1-2H3. The van der Waals surface area contributed by atoms with E-state index in [-0.39, 0.29) is 6.04 Å². The Morgan fingerprint density at radius 3 is 2.83 bits per heavy atom. The number of hydrogen-bond acceptors (Lipinski definition) is 3. The third-order valence-corrected chi connectivity index (χ3v) is 4.30. The van der Waals surface area contributed by atoms with Crippen LogP contribution in [0.25, 0.3) is 0 Å². The van der Waals surface area contributed by atoms with Crippen molar-refractivity contribution < 1.29 is 0 Å². The molecule has 1 heterocycles. The molecule has 6 heteroatoms. The lowest BCUT2D eigenvalue weighted by Crippen LogP contribution is -2.24. The Morgan fingerprint density at radius 1 is 1.50 bits per heavy atom. The number of benzene rings is 1. The molecule has 0 aliphatic rings. The molecule has 0 radical (unpaired) electrons. The van der Waals surface area contributed by atoms with Crippen molar-refractivity contribution in [2.45, 2.75) is 13.0 Å². The molecule has 0 aliphatic heterocycles. The molecule has 1 N–H and O–H groups in total. The number of halogens is 2. The molecule has 96 valence electrons. The Balaban J connectivity index is 2.41. The van der Waals surface area contributed by atoms with Gasteiger partial charge in [-0.1, -0.05) is 29.8 Å². The molecule has 1 unspecified atom stereocenters. The predicted molar refractivity (Wildman–Crippen MR) is 80.7 cm³/mol. The largest absolute Gasteiger partial charge is 0.305 e. The van der Waals surface area contributed by atoms with Gasteiger partial charge in [-0.15, -0.1) is 5.10 Å². The van der Waals surface area contributed by atoms with Gasteiger partial charge in [-0.2, -0.15) is 0 Å². The molecule has 0 spiro atoms. The molecule has 1 aromatic carbocycles. The van der Waals surface area contributed by atoms with Crippen LogP contribution in [0.3, 0.4) is 0 Å². The number of nitrogens with one attached hydrogen (secondary N) is 1. The summed E-state index contributed by atoms with van der Waals surface area (Å²) in [6.07, 6.45) is 1.78. The average molecular weight is 377 g/mol. The van der Waals surface area contributed by atoms with E-state index in [1.807, 2.05) is 19.2 Å². The second-order valence-electron chi connectivity index (χ2n) is 3.95.